The molecule has 2 rings (SSSR count). The Morgan fingerprint density at radius 3 is 2.40 bits per heavy atom. The summed E-state index contributed by atoms with van der Waals surface area (Å²) in [7, 11) is -3.35. The standard InChI is InChI=1S/C15H21NO3S/c1-13-7-10-16(11-8-13)15(17)9-12-20(18,19)14-5-3-2-4-6-14/h2-6,13H,7-12H2,1H3. The van der Waals surface area contributed by atoms with Crippen LogP contribution in [0.4, 0.5) is 0 Å². The van der Waals surface area contributed by atoms with Crippen LogP contribution < -0.4 is 0 Å². The van der Waals surface area contributed by atoms with Gasteiger partial charge in [0.05, 0.1) is 10.6 Å². The second-order valence-corrected chi connectivity index (χ2v) is 7.55. The highest BCUT2D eigenvalue weighted by atomic mass is 32.2. The zero-order valence-electron chi connectivity index (χ0n) is 11.8. The van der Waals surface area contributed by atoms with Crippen molar-refractivity contribution in [1.82, 2.24) is 4.90 Å². The van der Waals surface area contributed by atoms with Gasteiger partial charge in [0.2, 0.25) is 5.91 Å². The predicted molar refractivity (Wildman–Crippen MR) is 78.1 cm³/mol. The van der Waals surface area contributed by atoms with Gasteiger partial charge in [-0.2, -0.15) is 0 Å². The summed E-state index contributed by atoms with van der Waals surface area (Å²) < 4.78 is 24.2. The summed E-state index contributed by atoms with van der Waals surface area (Å²) in [6.45, 7) is 3.69. The first-order valence-corrected chi connectivity index (χ1v) is 8.70. The summed E-state index contributed by atoms with van der Waals surface area (Å²) in [5, 5.41) is 0. The van der Waals surface area contributed by atoms with Crippen molar-refractivity contribution in [2.45, 2.75) is 31.1 Å². The van der Waals surface area contributed by atoms with Crippen LogP contribution in [-0.4, -0.2) is 38.1 Å². The smallest absolute Gasteiger partial charge is 0.223 e. The third-order valence-electron chi connectivity index (χ3n) is 3.82. The molecule has 0 atom stereocenters. The molecule has 0 N–H and O–H groups in total. The maximum Gasteiger partial charge on any atom is 0.223 e. The molecule has 0 radical (unpaired) electrons. The minimum absolute atomic E-state index is 0.0450. The number of benzene rings is 1. The number of hydrogen-bond donors (Lipinski definition) is 0. The molecule has 4 nitrogen and oxygen atoms in total. The van der Waals surface area contributed by atoms with E-state index < -0.39 is 9.84 Å². The van der Waals surface area contributed by atoms with Gasteiger partial charge in [0.1, 0.15) is 0 Å². The first-order chi connectivity index (χ1) is 9.49. The van der Waals surface area contributed by atoms with Gasteiger partial charge in [0, 0.05) is 19.5 Å². The number of likely N-dealkylation sites (tertiary alicyclic amines) is 1. The highest BCUT2D eigenvalue weighted by Gasteiger charge is 2.22. The highest BCUT2D eigenvalue weighted by Crippen LogP contribution is 2.17. The van der Waals surface area contributed by atoms with Gasteiger partial charge >= 0.3 is 0 Å². The molecule has 1 aromatic carbocycles. The topological polar surface area (TPSA) is 54.5 Å². The van der Waals surface area contributed by atoms with E-state index in [-0.39, 0.29) is 18.1 Å². The molecule has 1 fully saturated rings. The second kappa shape index (κ2) is 6.39. The Hall–Kier alpha value is -1.36. The Morgan fingerprint density at radius 1 is 1.20 bits per heavy atom. The molecule has 5 heteroatoms. The number of carbonyl (C=O) groups excluding carboxylic acids is 1. The van der Waals surface area contributed by atoms with Crippen molar-refractivity contribution in [1.29, 1.82) is 0 Å². The molecule has 0 saturated carbocycles. The monoisotopic (exact) mass is 295 g/mol. The van der Waals surface area contributed by atoms with Gasteiger partial charge in [-0.3, -0.25) is 4.79 Å². The van der Waals surface area contributed by atoms with Gasteiger partial charge in [-0.1, -0.05) is 25.1 Å². The van der Waals surface area contributed by atoms with Gasteiger partial charge < -0.3 is 4.90 Å². The fraction of sp³-hybridized carbons (Fsp3) is 0.533. The number of sulfone groups is 1. The molecule has 110 valence electrons. The van der Waals surface area contributed by atoms with Crippen molar-refractivity contribution in [2.24, 2.45) is 5.92 Å². The largest absolute Gasteiger partial charge is 0.343 e. The fourth-order valence-electron chi connectivity index (χ4n) is 2.38. The van der Waals surface area contributed by atoms with E-state index in [2.05, 4.69) is 6.92 Å². The van der Waals surface area contributed by atoms with E-state index >= 15 is 0 Å². The quantitative estimate of drug-likeness (QED) is 0.855. The van der Waals surface area contributed by atoms with Crippen LogP contribution >= 0.6 is 0 Å². The van der Waals surface area contributed by atoms with Crippen molar-refractivity contribution >= 4 is 15.7 Å². The number of rotatable bonds is 4. The summed E-state index contributed by atoms with van der Waals surface area (Å²) in [6.07, 6.45) is 2.10. The van der Waals surface area contributed by atoms with Crippen molar-refractivity contribution in [2.75, 3.05) is 18.8 Å². The summed E-state index contributed by atoms with van der Waals surface area (Å²) in [5.74, 6) is 0.505. The van der Waals surface area contributed by atoms with Gasteiger partial charge in [0.25, 0.3) is 0 Å². The molecule has 0 unspecified atom stereocenters. The SMILES string of the molecule is CC1CCN(C(=O)CCS(=O)(=O)c2ccccc2)CC1. The normalized spacial score (nSPS) is 17.1. The van der Waals surface area contributed by atoms with Gasteiger partial charge in [0.15, 0.2) is 9.84 Å². The van der Waals surface area contributed by atoms with Crippen molar-refractivity contribution in [3.63, 3.8) is 0 Å². The number of hydrogen-bond acceptors (Lipinski definition) is 3. The first kappa shape index (κ1) is 15.0. The minimum atomic E-state index is -3.35. The molecule has 1 saturated heterocycles. The number of nitrogens with zero attached hydrogens (tertiary/aromatic N) is 1. The van der Waals surface area contributed by atoms with Crippen LogP contribution in [0.25, 0.3) is 0 Å². The average molecular weight is 295 g/mol. The molecule has 0 aliphatic carbocycles. The third kappa shape index (κ3) is 3.82. The summed E-state index contributed by atoms with van der Waals surface area (Å²) >= 11 is 0. The number of piperidine rings is 1. The first-order valence-electron chi connectivity index (χ1n) is 7.04. The van der Waals surface area contributed by atoms with Gasteiger partial charge in [-0.05, 0) is 30.9 Å². The molecule has 20 heavy (non-hydrogen) atoms. The summed E-state index contributed by atoms with van der Waals surface area (Å²) in [6, 6.07) is 8.31. The van der Waals surface area contributed by atoms with E-state index in [0.717, 1.165) is 25.9 Å². The third-order valence-corrected chi connectivity index (χ3v) is 5.56. The molecule has 1 heterocycles. The van der Waals surface area contributed by atoms with Crippen LogP contribution in [0.2, 0.25) is 0 Å². The summed E-state index contributed by atoms with van der Waals surface area (Å²) in [5.41, 5.74) is 0. The fourth-order valence-corrected chi connectivity index (χ4v) is 3.63. The lowest BCUT2D eigenvalue weighted by atomic mass is 9.99. The molecule has 1 aliphatic rings. The Morgan fingerprint density at radius 2 is 1.80 bits per heavy atom. The molecule has 1 aromatic rings. The minimum Gasteiger partial charge on any atom is -0.343 e. The van der Waals surface area contributed by atoms with Crippen LogP contribution in [-0.2, 0) is 14.6 Å². The Labute approximate surface area is 120 Å². The highest BCUT2D eigenvalue weighted by molar-refractivity contribution is 7.91. The molecule has 1 aliphatic heterocycles. The van der Waals surface area contributed by atoms with Crippen molar-refractivity contribution in [3.05, 3.63) is 30.3 Å². The van der Waals surface area contributed by atoms with Crippen molar-refractivity contribution in [3.8, 4) is 0 Å². The Kier molecular flexibility index (Phi) is 4.81. The molecule has 0 spiro atoms. The van der Waals surface area contributed by atoms with E-state index in [1.807, 2.05) is 0 Å². The lowest BCUT2D eigenvalue weighted by Crippen LogP contribution is -2.38. The number of amides is 1. The van der Waals surface area contributed by atoms with Crippen LogP contribution in [0.3, 0.4) is 0 Å². The Bertz CT molecular complexity index is 546. The van der Waals surface area contributed by atoms with Gasteiger partial charge in [-0.15, -0.1) is 0 Å². The Balaban J connectivity index is 1.90. The zero-order chi connectivity index (χ0) is 14.6. The molecule has 1 amide bonds. The summed E-state index contributed by atoms with van der Waals surface area (Å²) in [4.78, 5) is 14.1. The predicted octanol–water partition coefficient (Wildman–Crippen LogP) is 2.11. The lowest BCUT2D eigenvalue weighted by Gasteiger charge is -2.30. The van der Waals surface area contributed by atoms with E-state index in [0.29, 0.717) is 10.8 Å². The van der Waals surface area contributed by atoms with E-state index in [1.54, 1.807) is 35.2 Å². The van der Waals surface area contributed by atoms with E-state index in [9.17, 15) is 13.2 Å². The second-order valence-electron chi connectivity index (χ2n) is 5.45. The van der Waals surface area contributed by atoms with Crippen LogP contribution in [0.15, 0.2) is 35.2 Å². The van der Waals surface area contributed by atoms with Crippen LogP contribution in [0.1, 0.15) is 26.2 Å². The molecule has 0 aromatic heterocycles. The lowest BCUT2D eigenvalue weighted by molar-refractivity contribution is -0.132. The van der Waals surface area contributed by atoms with Crippen molar-refractivity contribution < 1.29 is 13.2 Å². The molecular formula is C15H21NO3S. The zero-order valence-corrected chi connectivity index (χ0v) is 12.6. The average Bonchev–Trinajstić information content (AvgIpc) is 2.46. The van der Waals surface area contributed by atoms with Crippen LogP contribution in [0, 0.1) is 5.92 Å². The van der Waals surface area contributed by atoms with E-state index in [1.165, 1.54) is 0 Å². The van der Waals surface area contributed by atoms with Crippen LogP contribution in [0.5, 0.6) is 0 Å². The maximum atomic E-state index is 12.1. The molecule has 0 bridgehead atoms. The number of carbonyl (C=O) groups is 1. The molecular weight excluding hydrogens is 274 g/mol. The van der Waals surface area contributed by atoms with Gasteiger partial charge in [-0.25, -0.2) is 8.42 Å². The van der Waals surface area contributed by atoms with E-state index in [4.69, 9.17) is 0 Å². The maximum absolute atomic E-state index is 12.1.